The number of nitrogens with zero attached hydrogens (tertiary/aromatic N) is 3. The van der Waals surface area contributed by atoms with Crippen LogP contribution in [0.25, 0.3) is 0 Å². The standard InChI is InChI=1S/C20H27N3O2/c1-24-13-17-11-22(9-15-5-7-18(25-2)8-6-15)12-19-20(17)23(14-21-19)10-16-3-4-16/h5-8,14,16-17H,3-4,9-13H2,1-2H3/t17-/m0/s1. The molecule has 1 atom stereocenters. The van der Waals surface area contributed by atoms with Gasteiger partial charge in [-0.3, -0.25) is 4.90 Å². The highest BCUT2D eigenvalue weighted by atomic mass is 16.5. The fourth-order valence-corrected chi connectivity index (χ4v) is 3.87. The van der Waals surface area contributed by atoms with Gasteiger partial charge in [0.1, 0.15) is 5.75 Å². The summed E-state index contributed by atoms with van der Waals surface area (Å²) < 4.78 is 13.2. The molecule has 1 aromatic carbocycles. The number of ether oxygens (including phenoxy) is 2. The third-order valence-electron chi connectivity index (χ3n) is 5.28. The number of fused-ring (bicyclic) bond motifs is 1. The molecule has 5 nitrogen and oxygen atoms in total. The van der Waals surface area contributed by atoms with Gasteiger partial charge in [0.05, 0.1) is 25.7 Å². The molecule has 25 heavy (non-hydrogen) atoms. The van der Waals surface area contributed by atoms with Crippen molar-refractivity contribution in [1.82, 2.24) is 14.5 Å². The molecule has 2 aliphatic rings. The number of benzene rings is 1. The van der Waals surface area contributed by atoms with Crippen molar-refractivity contribution in [1.29, 1.82) is 0 Å². The van der Waals surface area contributed by atoms with Gasteiger partial charge in [-0.2, -0.15) is 0 Å². The zero-order valence-corrected chi connectivity index (χ0v) is 15.1. The van der Waals surface area contributed by atoms with Crippen LogP contribution in [0.4, 0.5) is 0 Å². The quantitative estimate of drug-likeness (QED) is 0.776. The van der Waals surface area contributed by atoms with E-state index >= 15 is 0 Å². The summed E-state index contributed by atoms with van der Waals surface area (Å²) >= 11 is 0. The molecule has 0 saturated heterocycles. The van der Waals surface area contributed by atoms with E-state index in [1.54, 1.807) is 14.2 Å². The van der Waals surface area contributed by atoms with Crippen LogP contribution in [0.15, 0.2) is 30.6 Å². The first-order valence-corrected chi connectivity index (χ1v) is 9.15. The number of rotatable bonds is 7. The Labute approximate surface area is 149 Å². The Morgan fingerprint density at radius 1 is 1.16 bits per heavy atom. The van der Waals surface area contributed by atoms with E-state index in [-0.39, 0.29) is 0 Å². The van der Waals surface area contributed by atoms with E-state index < -0.39 is 0 Å². The van der Waals surface area contributed by atoms with E-state index in [1.165, 1.54) is 29.8 Å². The average Bonchev–Trinajstić information content (AvgIpc) is 3.35. The monoisotopic (exact) mass is 341 g/mol. The van der Waals surface area contributed by atoms with E-state index in [0.29, 0.717) is 5.92 Å². The van der Waals surface area contributed by atoms with Crippen LogP contribution < -0.4 is 4.74 Å². The number of imidazole rings is 1. The first kappa shape index (κ1) is 16.6. The maximum Gasteiger partial charge on any atom is 0.118 e. The fourth-order valence-electron chi connectivity index (χ4n) is 3.87. The summed E-state index contributed by atoms with van der Waals surface area (Å²) in [6.45, 7) is 4.74. The van der Waals surface area contributed by atoms with Gasteiger partial charge in [-0.25, -0.2) is 4.98 Å². The van der Waals surface area contributed by atoms with Crippen molar-refractivity contribution in [3.05, 3.63) is 47.5 Å². The van der Waals surface area contributed by atoms with Crippen molar-refractivity contribution in [2.45, 2.75) is 38.4 Å². The molecule has 0 radical (unpaired) electrons. The molecular weight excluding hydrogens is 314 g/mol. The van der Waals surface area contributed by atoms with E-state index in [4.69, 9.17) is 14.5 Å². The largest absolute Gasteiger partial charge is 0.497 e. The third kappa shape index (κ3) is 3.72. The lowest BCUT2D eigenvalue weighted by molar-refractivity contribution is 0.131. The lowest BCUT2D eigenvalue weighted by Gasteiger charge is -2.33. The molecule has 134 valence electrons. The summed E-state index contributed by atoms with van der Waals surface area (Å²) in [5.41, 5.74) is 3.93. The average molecular weight is 341 g/mol. The van der Waals surface area contributed by atoms with Crippen LogP contribution >= 0.6 is 0 Å². The van der Waals surface area contributed by atoms with Crippen LogP contribution in [0.1, 0.15) is 35.7 Å². The molecule has 0 amide bonds. The van der Waals surface area contributed by atoms with Crippen molar-refractivity contribution in [2.24, 2.45) is 5.92 Å². The Kier molecular flexibility index (Phi) is 4.77. The van der Waals surface area contributed by atoms with Crippen LogP contribution in [0, 0.1) is 5.92 Å². The second kappa shape index (κ2) is 7.18. The van der Waals surface area contributed by atoms with Gasteiger partial charge in [-0.05, 0) is 36.5 Å². The summed E-state index contributed by atoms with van der Waals surface area (Å²) in [5, 5.41) is 0. The van der Waals surface area contributed by atoms with Gasteiger partial charge < -0.3 is 14.0 Å². The molecule has 2 aromatic rings. The minimum absolute atomic E-state index is 0.397. The molecule has 1 aliphatic heterocycles. The number of hydrogen-bond acceptors (Lipinski definition) is 4. The number of hydrogen-bond donors (Lipinski definition) is 0. The van der Waals surface area contributed by atoms with Crippen LogP contribution in [0.3, 0.4) is 0 Å². The van der Waals surface area contributed by atoms with Gasteiger partial charge in [-0.15, -0.1) is 0 Å². The smallest absolute Gasteiger partial charge is 0.118 e. The van der Waals surface area contributed by atoms with Gasteiger partial charge >= 0.3 is 0 Å². The molecule has 1 aromatic heterocycles. The fraction of sp³-hybridized carbons (Fsp3) is 0.550. The number of methoxy groups -OCH3 is 2. The van der Waals surface area contributed by atoms with Gasteiger partial charge in [-0.1, -0.05) is 12.1 Å². The summed E-state index contributed by atoms with van der Waals surface area (Å²) in [6.07, 6.45) is 4.78. The Hall–Kier alpha value is -1.85. The van der Waals surface area contributed by atoms with Crippen LogP contribution in [0.2, 0.25) is 0 Å². The molecule has 0 spiro atoms. The summed E-state index contributed by atoms with van der Waals surface area (Å²) in [7, 11) is 3.50. The third-order valence-corrected chi connectivity index (χ3v) is 5.28. The summed E-state index contributed by atoms with van der Waals surface area (Å²) in [4.78, 5) is 7.21. The first-order valence-electron chi connectivity index (χ1n) is 9.15. The van der Waals surface area contributed by atoms with Crippen LogP contribution in [-0.2, 0) is 24.4 Å². The Morgan fingerprint density at radius 3 is 2.64 bits per heavy atom. The molecule has 0 unspecified atom stereocenters. The van der Waals surface area contributed by atoms with Gasteiger partial charge in [0.15, 0.2) is 0 Å². The minimum atomic E-state index is 0.397. The molecule has 1 aliphatic carbocycles. The second-order valence-electron chi connectivity index (χ2n) is 7.34. The second-order valence-corrected chi connectivity index (χ2v) is 7.34. The molecule has 4 rings (SSSR count). The van der Waals surface area contributed by atoms with Crippen molar-refractivity contribution in [3.63, 3.8) is 0 Å². The maximum atomic E-state index is 5.53. The highest BCUT2D eigenvalue weighted by molar-refractivity contribution is 5.28. The highest BCUT2D eigenvalue weighted by Gasteiger charge is 2.31. The zero-order valence-electron chi connectivity index (χ0n) is 15.1. The Morgan fingerprint density at radius 2 is 1.96 bits per heavy atom. The predicted octanol–water partition coefficient (Wildman–Crippen LogP) is 3.05. The highest BCUT2D eigenvalue weighted by Crippen LogP contribution is 2.34. The minimum Gasteiger partial charge on any atom is -0.497 e. The molecule has 1 saturated carbocycles. The number of aromatic nitrogens is 2. The molecule has 1 fully saturated rings. The topological polar surface area (TPSA) is 39.5 Å². The SMILES string of the molecule is COC[C@@H]1CN(Cc2ccc(OC)cc2)Cc2ncn(CC3CC3)c21. The maximum absolute atomic E-state index is 5.53. The van der Waals surface area contributed by atoms with Gasteiger partial charge in [0.2, 0.25) is 0 Å². The Bertz CT molecular complexity index is 706. The lowest BCUT2D eigenvalue weighted by atomic mass is 9.98. The van der Waals surface area contributed by atoms with Crippen LogP contribution in [-0.4, -0.2) is 41.8 Å². The lowest BCUT2D eigenvalue weighted by Crippen LogP contribution is -2.36. The summed E-state index contributed by atoms with van der Waals surface area (Å²) in [6, 6.07) is 8.35. The molecular formula is C20H27N3O2. The van der Waals surface area contributed by atoms with E-state index in [0.717, 1.165) is 44.5 Å². The van der Waals surface area contributed by atoms with Crippen molar-refractivity contribution in [2.75, 3.05) is 27.4 Å². The normalized spacial score (nSPS) is 20.5. The van der Waals surface area contributed by atoms with Crippen molar-refractivity contribution >= 4 is 0 Å². The van der Waals surface area contributed by atoms with E-state index in [9.17, 15) is 0 Å². The summed E-state index contributed by atoms with van der Waals surface area (Å²) in [5.74, 6) is 2.16. The molecule has 0 N–H and O–H groups in total. The first-order chi connectivity index (χ1) is 12.3. The van der Waals surface area contributed by atoms with E-state index in [1.807, 2.05) is 18.5 Å². The zero-order chi connectivity index (χ0) is 17.2. The van der Waals surface area contributed by atoms with Crippen molar-refractivity contribution < 1.29 is 9.47 Å². The van der Waals surface area contributed by atoms with Crippen LogP contribution in [0.5, 0.6) is 5.75 Å². The molecule has 0 bridgehead atoms. The Balaban J connectivity index is 1.50. The molecule has 5 heteroatoms. The predicted molar refractivity (Wildman–Crippen MR) is 96.7 cm³/mol. The van der Waals surface area contributed by atoms with E-state index in [2.05, 4.69) is 21.6 Å². The van der Waals surface area contributed by atoms with Crippen molar-refractivity contribution in [3.8, 4) is 5.75 Å². The van der Waals surface area contributed by atoms with Gasteiger partial charge in [0.25, 0.3) is 0 Å². The van der Waals surface area contributed by atoms with Gasteiger partial charge in [0, 0.05) is 44.9 Å². The molecule has 2 heterocycles.